The number of aliphatic hydroxyl groups is 1. The van der Waals surface area contributed by atoms with Crippen molar-refractivity contribution < 1.29 is 14.0 Å². The molecule has 21 heavy (non-hydrogen) atoms. The Bertz CT molecular complexity index is 539. The number of nitrogens with zero attached hydrogens (tertiary/aromatic N) is 2. The second kappa shape index (κ2) is 6.41. The van der Waals surface area contributed by atoms with E-state index in [9.17, 15) is 5.11 Å². The van der Waals surface area contributed by atoms with Crippen LogP contribution in [0.4, 0.5) is 0 Å². The summed E-state index contributed by atoms with van der Waals surface area (Å²) in [6, 6.07) is 3.60. The quantitative estimate of drug-likeness (QED) is 0.850. The van der Waals surface area contributed by atoms with E-state index in [1.807, 2.05) is 0 Å². The summed E-state index contributed by atoms with van der Waals surface area (Å²) in [5, 5.41) is 16.8. The third-order valence-corrected chi connectivity index (χ3v) is 4.23. The maximum atomic E-state index is 9.31. The first kappa shape index (κ1) is 14.3. The van der Waals surface area contributed by atoms with Gasteiger partial charge >= 0.3 is 0 Å². The molecule has 0 bridgehead atoms. The lowest BCUT2D eigenvalue weighted by molar-refractivity contribution is 0.158. The molecule has 0 atom stereocenters. The molecular weight excluding hydrogens is 270 g/mol. The fourth-order valence-electron chi connectivity index (χ4n) is 3.05. The lowest BCUT2D eigenvalue weighted by atomic mass is 9.79. The van der Waals surface area contributed by atoms with E-state index in [1.165, 1.54) is 19.3 Å². The van der Waals surface area contributed by atoms with Crippen LogP contribution in [0.2, 0.25) is 0 Å². The van der Waals surface area contributed by atoms with Crippen molar-refractivity contribution in [1.82, 2.24) is 15.5 Å². The van der Waals surface area contributed by atoms with Gasteiger partial charge in [0.1, 0.15) is 0 Å². The molecule has 0 amide bonds. The van der Waals surface area contributed by atoms with Gasteiger partial charge in [-0.2, -0.15) is 4.98 Å². The van der Waals surface area contributed by atoms with Crippen molar-refractivity contribution in [1.29, 1.82) is 0 Å². The first-order chi connectivity index (χ1) is 10.3. The predicted octanol–water partition coefficient (Wildman–Crippen LogP) is 2.50. The SMILES string of the molecule is OCCC1(NCc2nc(-c3ccco3)no2)CCCCC1. The zero-order valence-corrected chi connectivity index (χ0v) is 12.0. The van der Waals surface area contributed by atoms with E-state index in [1.54, 1.807) is 18.4 Å². The Morgan fingerprint density at radius 2 is 2.14 bits per heavy atom. The van der Waals surface area contributed by atoms with Gasteiger partial charge < -0.3 is 19.4 Å². The van der Waals surface area contributed by atoms with Crippen LogP contribution in [0, 0.1) is 0 Å². The highest BCUT2D eigenvalue weighted by molar-refractivity contribution is 5.44. The molecular formula is C15H21N3O3. The Labute approximate surface area is 123 Å². The van der Waals surface area contributed by atoms with E-state index >= 15 is 0 Å². The number of rotatable bonds is 6. The van der Waals surface area contributed by atoms with Crippen molar-refractivity contribution >= 4 is 0 Å². The van der Waals surface area contributed by atoms with E-state index in [0.717, 1.165) is 19.3 Å². The molecule has 1 saturated carbocycles. The Kier molecular flexibility index (Phi) is 4.36. The summed E-state index contributed by atoms with van der Waals surface area (Å²) in [5.74, 6) is 1.62. The summed E-state index contributed by atoms with van der Waals surface area (Å²) in [5.41, 5.74) is 0.00627. The third-order valence-electron chi connectivity index (χ3n) is 4.23. The summed E-state index contributed by atoms with van der Waals surface area (Å²) in [7, 11) is 0. The second-order valence-electron chi connectivity index (χ2n) is 5.66. The molecule has 2 aromatic rings. The number of furan rings is 1. The van der Waals surface area contributed by atoms with Gasteiger partial charge in [-0.3, -0.25) is 0 Å². The topological polar surface area (TPSA) is 84.3 Å². The van der Waals surface area contributed by atoms with Crippen molar-refractivity contribution in [2.75, 3.05) is 6.61 Å². The molecule has 0 aliphatic heterocycles. The van der Waals surface area contributed by atoms with Crippen molar-refractivity contribution in [3.05, 3.63) is 24.3 Å². The minimum absolute atomic E-state index is 0.00627. The van der Waals surface area contributed by atoms with Gasteiger partial charge in [0, 0.05) is 12.1 Å². The fourth-order valence-corrected chi connectivity index (χ4v) is 3.05. The lowest BCUT2D eigenvalue weighted by Gasteiger charge is -2.37. The molecule has 0 spiro atoms. The Balaban J connectivity index is 1.63. The number of hydrogen-bond acceptors (Lipinski definition) is 6. The normalized spacial score (nSPS) is 18.0. The predicted molar refractivity (Wildman–Crippen MR) is 76.4 cm³/mol. The van der Waals surface area contributed by atoms with Crippen LogP contribution in [0.5, 0.6) is 0 Å². The van der Waals surface area contributed by atoms with Gasteiger partial charge in [-0.15, -0.1) is 0 Å². The summed E-state index contributed by atoms with van der Waals surface area (Å²) in [6.07, 6.45) is 8.22. The Hall–Kier alpha value is -1.66. The van der Waals surface area contributed by atoms with Crippen molar-refractivity contribution in [2.45, 2.75) is 50.6 Å². The number of hydrogen-bond donors (Lipinski definition) is 2. The molecule has 1 aliphatic rings. The van der Waals surface area contributed by atoms with Crippen molar-refractivity contribution in [3.63, 3.8) is 0 Å². The van der Waals surface area contributed by atoms with E-state index in [0.29, 0.717) is 24.0 Å². The molecule has 2 N–H and O–H groups in total. The highest BCUT2D eigenvalue weighted by atomic mass is 16.5. The van der Waals surface area contributed by atoms with Crippen molar-refractivity contribution in [3.8, 4) is 11.6 Å². The van der Waals surface area contributed by atoms with Crippen LogP contribution >= 0.6 is 0 Å². The average molecular weight is 291 g/mol. The van der Waals surface area contributed by atoms with Crippen LogP contribution in [0.3, 0.4) is 0 Å². The molecule has 2 aromatic heterocycles. The number of nitrogens with one attached hydrogen (secondary N) is 1. The van der Waals surface area contributed by atoms with E-state index in [4.69, 9.17) is 8.94 Å². The Morgan fingerprint density at radius 1 is 1.29 bits per heavy atom. The highest BCUT2D eigenvalue weighted by Crippen LogP contribution is 2.31. The number of aliphatic hydroxyl groups excluding tert-OH is 1. The molecule has 0 saturated heterocycles. The van der Waals surface area contributed by atoms with E-state index in [2.05, 4.69) is 15.5 Å². The van der Waals surface area contributed by atoms with Crippen LogP contribution in [-0.2, 0) is 6.54 Å². The van der Waals surface area contributed by atoms with Gasteiger partial charge in [-0.25, -0.2) is 0 Å². The average Bonchev–Trinajstić information content (AvgIpc) is 3.18. The van der Waals surface area contributed by atoms with Crippen LogP contribution in [0.15, 0.2) is 27.3 Å². The minimum atomic E-state index is 0.00627. The lowest BCUT2D eigenvalue weighted by Crippen LogP contribution is -2.47. The van der Waals surface area contributed by atoms with Gasteiger partial charge in [0.25, 0.3) is 0 Å². The molecule has 1 aliphatic carbocycles. The van der Waals surface area contributed by atoms with Gasteiger partial charge in [-0.05, 0) is 31.4 Å². The van der Waals surface area contributed by atoms with Gasteiger partial charge in [0.05, 0.1) is 12.8 Å². The number of aromatic nitrogens is 2. The third kappa shape index (κ3) is 3.33. The smallest absolute Gasteiger partial charge is 0.241 e. The minimum Gasteiger partial charge on any atom is -0.461 e. The van der Waals surface area contributed by atoms with Crippen molar-refractivity contribution in [2.24, 2.45) is 0 Å². The largest absolute Gasteiger partial charge is 0.461 e. The molecule has 2 heterocycles. The summed E-state index contributed by atoms with van der Waals surface area (Å²) < 4.78 is 10.5. The van der Waals surface area contributed by atoms with Crippen LogP contribution in [0.1, 0.15) is 44.4 Å². The van der Waals surface area contributed by atoms with Gasteiger partial charge in [0.15, 0.2) is 5.76 Å². The maximum Gasteiger partial charge on any atom is 0.241 e. The summed E-state index contributed by atoms with van der Waals surface area (Å²) >= 11 is 0. The van der Waals surface area contributed by atoms with Gasteiger partial charge in [0.2, 0.25) is 11.7 Å². The first-order valence-electron chi connectivity index (χ1n) is 7.54. The molecule has 1 fully saturated rings. The monoisotopic (exact) mass is 291 g/mol. The van der Waals surface area contributed by atoms with Crippen LogP contribution in [-0.4, -0.2) is 27.4 Å². The first-order valence-corrected chi connectivity index (χ1v) is 7.54. The van der Waals surface area contributed by atoms with Gasteiger partial charge in [-0.1, -0.05) is 24.4 Å². The summed E-state index contributed by atoms with van der Waals surface area (Å²) in [4.78, 5) is 4.33. The molecule has 0 aromatic carbocycles. The zero-order chi connectivity index (χ0) is 14.5. The molecule has 6 nitrogen and oxygen atoms in total. The summed E-state index contributed by atoms with van der Waals surface area (Å²) in [6.45, 7) is 0.724. The highest BCUT2D eigenvalue weighted by Gasteiger charge is 2.31. The molecule has 0 unspecified atom stereocenters. The van der Waals surface area contributed by atoms with E-state index in [-0.39, 0.29) is 12.1 Å². The molecule has 0 radical (unpaired) electrons. The van der Waals surface area contributed by atoms with E-state index < -0.39 is 0 Å². The maximum absolute atomic E-state index is 9.31. The second-order valence-corrected chi connectivity index (χ2v) is 5.66. The fraction of sp³-hybridized carbons (Fsp3) is 0.600. The molecule has 3 rings (SSSR count). The zero-order valence-electron chi connectivity index (χ0n) is 12.0. The van der Waals surface area contributed by atoms with Crippen LogP contribution < -0.4 is 5.32 Å². The van der Waals surface area contributed by atoms with Crippen LogP contribution in [0.25, 0.3) is 11.6 Å². The Morgan fingerprint density at radius 3 is 2.86 bits per heavy atom. The molecule has 6 heteroatoms. The standard InChI is InChI=1S/C15H21N3O3/c19-9-8-15(6-2-1-3-7-15)16-11-13-17-14(18-21-13)12-5-4-10-20-12/h4-5,10,16,19H,1-3,6-9,11H2. The molecule has 114 valence electrons.